The molecule has 1 aliphatic heterocycles. The summed E-state index contributed by atoms with van der Waals surface area (Å²) in [5.41, 5.74) is 6.90. The van der Waals surface area contributed by atoms with Crippen LogP contribution in [0.1, 0.15) is 51.5 Å². The van der Waals surface area contributed by atoms with Gasteiger partial charge in [0.05, 0.1) is 23.1 Å². The summed E-state index contributed by atoms with van der Waals surface area (Å²) in [6.45, 7) is 8.04. The second kappa shape index (κ2) is 8.21. The highest BCUT2D eigenvalue weighted by Gasteiger charge is 2.27. The molecule has 3 aromatic rings. The number of nitrogens with zero attached hydrogens (tertiary/aromatic N) is 2. The van der Waals surface area contributed by atoms with Crippen LogP contribution < -0.4 is 10.6 Å². The average Bonchev–Trinajstić information content (AvgIpc) is 3.17. The van der Waals surface area contributed by atoms with Gasteiger partial charge < -0.3 is 10.6 Å². The third-order valence-corrected chi connectivity index (χ3v) is 5.66. The fraction of sp³-hybridized carbons (Fsp3) is 0.333. The molecule has 4 rings (SSSR count). The first-order valence-corrected chi connectivity index (χ1v) is 10.3. The van der Waals surface area contributed by atoms with Gasteiger partial charge in [-0.15, -0.1) is 0 Å². The summed E-state index contributed by atoms with van der Waals surface area (Å²) in [6, 6.07) is 14.4. The van der Waals surface area contributed by atoms with Crippen molar-refractivity contribution < 1.29 is 4.79 Å². The molecule has 2 N–H and O–H groups in total. The first kappa shape index (κ1) is 19.4. The quantitative estimate of drug-likeness (QED) is 0.691. The number of aromatic nitrogens is 2. The van der Waals surface area contributed by atoms with E-state index in [2.05, 4.69) is 46.9 Å². The van der Waals surface area contributed by atoms with Crippen LogP contribution in [0.5, 0.6) is 0 Å². The molecule has 5 heteroatoms. The molecule has 29 heavy (non-hydrogen) atoms. The minimum absolute atomic E-state index is 0.0915. The van der Waals surface area contributed by atoms with E-state index in [1.165, 1.54) is 5.56 Å². The molecular formula is C24H28N4O. The van der Waals surface area contributed by atoms with Crippen LogP contribution in [0.4, 0.5) is 5.69 Å². The Bertz CT molecular complexity index is 1030. The number of rotatable bonds is 4. The highest BCUT2D eigenvalue weighted by atomic mass is 16.1. The average molecular weight is 389 g/mol. The number of carbonyl (C=O) groups excluding carboxylic acids is 1. The second-order valence-corrected chi connectivity index (χ2v) is 7.99. The Morgan fingerprint density at radius 2 is 1.83 bits per heavy atom. The van der Waals surface area contributed by atoms with E-state index in [1.54, 1.807) is 6.20 Å². The lowest BCUT2D eigenvalue weighted by Crippen LogP contribution is -2.29. The maximum atomic E-state index is 13.3. The van der Waals surface area contributed by atoms with Gasteiger partial charge in [0.15, 0.2) is 0 Å². The summed E-state index contributed by atoms with van der Waals surface area (Å²) < 4.78 is 1.96. The summed E-state index contributed by atoms with van der Waals surface area (Å²) in [7, 11) is 0. The van der Waals surface area contributed by atoms with E-state index >= 15 is 0 Å². The normalized spacial score (nSPS) is 14.7. The van der Waals surface area contributed by atoms with Crippen molar-refractivity contribution >= 4 is 11.6 Å². The van der Waals surface area contributed by atoms with Crippen molar-refractivity contribution in [2.24, 2.45) is 0 Å². The molecule has 1 fully saturated rings. The van der Waals surface area contributed by atoms with Crippen LogP contribution in [-0.2, 0) is 0 Å². The number of nitrogens with one attached hydrogen (secondary N) is 2. The van der Waals surface area contributed by atoms with Gasteiger partial charge in [0, 0.05) is 11.6 Å². The summed E-state index contributed by atoms with van der Waals surface area (Å²) >= 11 is 0. The number of carbonyl (C=O) groups is 1. The first-order valence-electron chi connectivity index (χ1n) is 10.3. The lowest BCUT2D eigenvalue weighted by molar-refractivity contribution is 0.102. The van der Waals surface area contributed by atoms with Gasteiger partial charge in [-0.05, 0) is 81.6 Å². The van der Waals surface area contributed by atoms with E-state index in [1.807, 2.05) is 36.7 Å². The highest BCUT2D eigenvalue weighted by Crippen LogP contribution is 2.31. The molecule has 0 atom stereocenters. The zero-order valence-electron chi connectivity index (χ0n) is 17.3. The molecular weight excluding hydrogens is 360 g/mol. The molecule has 0 unspecified atom stereocenters. The van der Waals surface area contributed by atoms with E-state index in [4.69, 9.17) is 0 Å². The lowest BCUT2D eigenvalue weighted by Gasteiger charge is -2.25. The smallest absolute Gasteiger partial charge is 0.259 e. The van der Waals surface area contributed by atoms with Crippen molar-refractivity contribution in [2.75, 3.05) is 18.4 Å². The molecule has 2 aromatic carbocycles. The van der Waals surface area contributed by atoms with Crippen molar-refractivity contribution in [3.63, 3.8) is 0 Å². The Hall–Kier alpha value is -2.92. The van der Waals surface area contributed by atoms with E-state index < -0.39 is 0 Å². The van der Waals surface area contributed by atoms with Crippen molar-refractivity contribution in [1.29, 1.82) is 0 Å². The van der Waals surface area contributed by atoms with Gasteiger partial charge in [-0.2, -0.15) is 5.10 Å². The molecule has 0 saturated carbocycles. The lowest BCUT2D eigenvalue weighted by atomic mass is 9.91. The van der Waals surface area contributed by atoms with Crippen LogP contribution in [0.25, 0.3) is 5.69 Å². The van der Waals surface area contributed by atoms with Crippen molar-refractivity contribution in [2.45, 2.75) is 39.5 Å². The Balaban J connectivity index is 1.74. The third-order valence-electron chi connectivity index (χ3n) is 5.66. The zero-order chi connectivity index (χ0) is 20.4. The monoisotopic (exact) mass is 388 g/mol. The summed E-state index contributed by atoms with van der Waals surface area (Å²) in [4.78, 5) is 13.3. The first-order chi connectivity index (χ1) is 14.0. The predicted octanol–water partition coefficient (Wildman–Crippen LogP) is 4.52. The molecule has 5 nitrogen and oxygen atoms in total. The van der Waals surface area contributed by atoms with Gasteiger partial charge in [0.25, 0.3) is 5.91 Å². The van der Waals surface area contributed by atoms with Gasteiger partial charge in [-0.1, -0.05) is 24.3 Å². The highest BCUT2D eigenvalue weighted by molar-refractivity contribution is 6.05. The van der Waals surface area contributed by atoms with Crippen LogP contribution in [0.2, 0.25) is 0 Å². The van der Waals surface area contributed by atoms with Gasteiger partial charge in [-0.3, -0.25) is 4.79 Å². The van der Waals surface area contributed by atoms with Gasteiger partial charge >= 0.3 is 0 Å². The standard InChI is InChI=1S/C24H28N4O/c1-16-5-4-6-20(13-16)28-23(19-9-11-25-12-10-19)21(15-26-28)24(29)27-22-14-17(2)7-8-18(22)3/h4-8,13-15,19,25H,9-12H2,1-3H3,(H,27,29). The SMILES string of the molecule is Cc1cccc(-n2ncc(C(=O)Nc3cc(C)ccc3C)c2C2CCNCC2)c1. The van der Waals surface area contributed by atoms with Crippen molar-refractivity contribution in [3.05, 3.63) is 76.6 Å². The molecule has 2 heterocycles. The molecule has 0 bridgehead atoms. The molecule has 1 amide bonds. The van der Waals surface area contributed by atoms with Crippen LogP contribution in [0, 0.1) is 20.8 Å². The molecule has 0 spiro atoms. The number of amides is 1. The van der Waals surface area contributed by atoms with E-state index in [0.717, 1.165) is 54.1 Å². The fourth-order valence-electron chi connectivity index (χ4n) is 4.05. The Kier molecular flexibility index (Phi) is 5.49. The maximum Gasteiger partial charge on any atom is 0.259 e. The van der Waals surface area contributed by atoms with E-state index in [0.29, 0.717) is 11.5 Å². The largest absolute Gasteiger partial charge is 0.322 e. The molecule has 1 saturated heterocycles. The zero-order valence-corrected chi connectivity index (χ0v) is 17.3. The number of hydrogen-bond acceptors (Lipinski definition) is 3. The van der Waals surface area contributed by atoms with E-state index in [-0.39, 0.29) is 5.91 Å². The minimum Gasteiger partial charge on any atom is -0.322 e. The second-order valence-electron chi connectivity index (χ2n) is 7.99. The van der Waals surface area contributed by atoms with Gasteiger partial charge in [-0.25, -0.2) is 4.68 Å². The fourth-order valence-corrected chi connectivity index (χ4v) is 4.05. The number of piperidine rings is 1. The van der Waals surface area contributed by atoms with Crippen molar-refractivity contribution in [1.82, 2.24) is 15.1 Å². The van der Waals surface area contributed by atoms with Crippen LogP contribution in [0.3, 0.4) is 0 Å². The molecule has 0 radical (unpaired) electrons. The van der Waals surface area contributed by atoms with Crippen molar-refractivity contribution in [3.8, 4) is 5.69 Å². The molecule has 150 valence electrons. The van der Waals surface area contributed by atoms with Crippen LogP contribution in [-0.4, -0.2) is 28.8 Å². The number of hydrogen-bond donors (Lipinski definition) is 2. The molecule has 1 aromatic heterocycles. The summed E-state index contributed by atoms with van der Waals surface area (Å²) in [6.07, 6.45) is 3.72. The van der Waals surface area contributed by atoms with E-state index in [9.17, 15) is 4.79 Å². The predicted molar refractivity (Wildman–Crippen MR) is 117 cm³/mol. The maximum absolute atomic E-state index is 13.3. The Labute approximate surface area is 172 Å². The summed E-state index contributed by atoms with van der Waals surface area (Å²) in [5.74, 6) is 0.213. The van der Waals surface area contributed by atoms with Gasteiger partial charge in [0.1, 0.15) is 0 Å². The molecule has 1 aliphatic rings. The minimum atomic E-state index is -0.0915. The Morgan fingerprint density at radius 3 is 2.59 bits per heavy atom. The number of benzene rings is 2. The molecule has 0 aliphatic carbocycles. The Morgan fingerprint density at radius 1 is 1.07 bits per heavy atom. The number of anilines is 1. The van der Waals surface area contributed by atoms with Gasteiger partial charge in [0.2, 0.25) is 0 Å². The van der Waals surface area contributed by atoms with Crippen LogP contribution in [0.15, 0.2) is 48.7 Å². The summed E-state index contributed by atoms with van der Waals surface area (Å²) in [5, 5.41) is 11.2. The topological polar surface area (TPSA) is 59.0 Å². The number of aryl methyl sites for hydroxylation is 3. The third kappa shape index (κ3) is 4.10. The van der Waals surface area contributed by atoms with Crippen LogP contribution >= 0.6 is 0 Å².